The molecule has 0 fully saturated rings. The molecule has 1 rings (SSSR count). The molecular weight excluding hydrogens is 282 g/mol. The lowest BCUT2D eigenvalue weighted by atomic mass is 10.3. The standard InChI is InChI=1S/C11H14ClFN2O2.ClH/c1-14-4-5-15-11(16)7-17-10-3-2-8(13)6-9(10)12;/h2-3,6,14H,4-5,7H2,1H3,(H,15,16);1H. The monoisotopic (exact) mass is 296 g/mol. The number of likely N-dealkylation sites (N-methyl/N-ethyl adjacent to an activating group) is 1. The van der Waals surface area contributed by atoms with E-state index in [1.165, 1.54) is 12.1 Å². The second-order valence-electron chi connectivity index (χ2n) is 3.32. The van der Waals surface area contributed by atoms with E-state index >= 15 is 0 Å². The second-order valence-corrected chi connectivity index (χ2v) is 3.72. The van der Waals surface area contributed by atoms with Crippen LogP contribution in [-0.4, -0.2) is 32.7 Å². The molecule has 102 valence electrons. The predicted octanol–water partition coefficient (Wildman–Crippen LogP) is 1.62. The first-order valence-corrected chi connectivity index (χ1v) is 5.50. The minimum absolute atomic E-state index is 0. The largest absolute Gasteiger partial charge is 0.482 e. The van der Waals surface area contributed by atoms with Crippen LogP contribution in [0.2, 0.25) is 5.02 Å². The van der Waals surface area contributed by atoms with E-state index in [1.807, 2.05) is 0 Å². The number of nitrogens with one attached hydrogen (secondary N) is 2. The molecule has 0 atom stereocenters. The molecule has 0 radical (unpaired) electrons. The van der Waals surface area contributed by atoms with Gasteiger partial charge in [0.1, 0.15) is 11.6 Å². The van der Waals surface area contributed by atoms with Gasteiger partial charge in [-0.25, -0.2) is 4.39 Å². The highest BCUT2D eigenvalue weighted by molar-refractivity contribution is 6.32. The van der Waals surface area contributed by atoms with E-state index in [9.17, 15) is 9.18 Å². The molecule has 0 saturated carbocycles. The first kappa shape index (κ1) is 17.0. The van der Waals surface area contributed by atoms with Gasteiger partial charge in [-0.15, -0.1) is 12.4 Å². The van der Waals surface area contributed by atoms with Crippen LogP contribution < -0.4 is 15.4 Å². The van der Waals surface area contributed by atoms with Gasteiger partial charge in [-0.1, -0.05) is 11.6 Å². The van der Waals surface area contributed by atoms with Crippen LogP contribution in [0.5, 0.6) is 5.75 Å². The third kappa shape index (κ3) is 6.05. The van der Waals surface area contributed by atoms with E-state index in [1.54, 1.807) is 7.05 Å². The summed E-state index contributed by atoms with van der Waals surface area (Å²) >= 11 is 5.73. The van der Waals surface area contributed by atoms with Gasteiger partial charge in [0.15, 0.2) is 6.61 Å². The van der Waals surface area contributed by atoms with E-state index in [-0.39, 0.29) is 35.7 Å². The Balaban J connectivity index is 0.00000289. The highest BCUT2D eigenvalue weighted by atomic mass is 35.5. The zero-order valence-electron chi connectivity index (χ0n) is 9.83. The van der Waals surface area contributed by atoms with Crippen molar-refractivity contribution in [1.82, 2.24) is 10.6 Å². The molecule has 0 aliphatic carbocycles. The van der Waals surface area contributed by atoms with Crippen LogP contribution in [-0.2, 0) is 4.79 Å². The Morgan fingerprint density at radius 1 is 1.44 bits per heavy atom. The van der Waals surface area contributed by atoms with Crippen molar-refractivity contribution in [1.29, 1.82) is 0 Å². The summed E-state index contributed by atoms with van der Waals surface area (Å²) in [6.45, 7) is 1.06. The fraction of sp³-hybridized carbons (Fsp3) is 0.364. The summed E-state index contributed by atoms with van der Waals surface area (Å²) in [5.41, 5.74) is 0. The van der Waals surface area contributed by atoms with E-state index in [2.05, 4.69) is 10.6 Å². The van der Waals surface area contributed by atoms with Gasteiger partial charge in [0.25, 0.3) is 5.91 Å². The third-order valence-electron chi connectivity index (χ3n) is 1.95. The molecule has 0 aliphatic rings. The number of rotatable bonds is 6. The predicted molar refractivity (Wildman–Crippen MR) is 71.1 cm³/mol. The Kier molecular flexibility index (Phi) is 8.45. The van der Waals surface area contributed by atoms with Gasteiger partial charge in [-0.3, -0.25) is 4.79 Å². The molecule has 0 aliphatic heterocycles. The topological polar surface area (TPSA) is 50.4 Å². The fourth-order valence-corrected chi connectivity index (χ4v) is 1.34. The van der Waals surface area contributed by atoms with Gasteiger partial charge in [-0.2, -0.15) is 0 Å². The van der Waals surface area contributed by atoms with Crippen LogP contribution in [0.1, 0.15) is 0 Å². The first-order chi connectivity index (χ1) is 8.13. The van der Waals surface area contributed by atoms with Gasteiger partial charge >= 0.3 is 0 Å². The minimum atomic E-state index is -0.444. The van der Waals surface area contributed by atoms with Crippen molar-refractivity contribution in [3.8, 4) is 5.75 Å². The molecule has 2 N–H and O–H groups in total. The molecule has 0 heterocycles. The van der Waals surface area contributed by atoms with Crippen molar-refractivity contribution in [2.75, 3.05) is 26.7 Å². The summed E-state index contributed by atoms with van der Waals surface area (Å²) in [6.07, 6.45) is 0. The van der Waals surface area contributed by atoms with Crippen LogP contribution >= 0.6 is 24.0 Å². The van der Waals surface area contributed by atoms with Crippen LogP contribution in [0.15, 0.2) is 18.2 Å². The minimum Gasteiger partial charge on any atom is -0.482 e. The number of carbonyl (C=O) groups is 1. The average molecular weight is 297 g/mol. The number of benzene rings is 1. The van der Waals surface area contributed by atoms with Gasteiger partial charge in [0.2, 0.25) is 0 Å². The first-order valence-electron chi connectivity index (χ1n) is 5.12. The quantitative estimate of drug-likeness (QED) is 0.784. The van der Waals surface area contributed by atoms with Crippen molar-refractivity contribution < 1.29 is 13.9 Å². The zero-order valence-corrected chi connectivity index (χ0v) is 11.4. The molecule has 0 bridgehead atoms. The van der Waals surface area contributed by atoms with Gasteiger partial charge in [0, 0.05) is 13.1 Å². The molecule has 0 saturated heterocycles. The zero-order chi connectivity index (χ0) is 12.7. The number of ether oxygens (including phenoxy) is 1. The van der Waals surface area contributed by atoms with Crippen molar-refractivity contribution in [2.45, 2.75) is 0 Å². The Morgan fingerprint density at radius 2 is 2.17 bits per heavy atom. The summed E-state index contributed by atoms with van der Waals surface area (Å²) in [7, 11) is 1.79. The lowest BCUT2D eigenvalue weighted by Gasteiger charge is -2.08. The summed E-state index contributed by atoms with van der Waals surface area (Å²) < 4.78 is 17.9. The van der Waals surface area contributed by atoms with Crippen LogP contribution in [0.25, 0.3) is 0 Å². The molecule has 4 nitrogen and oxygen atoms in total. The molecule has 0 spiro atoms. The van der Waals surface area contributed by atoms with E-state index < -0.39 is 5.82 Å². The molecule has 1 aromatic carbocycles. The molecular formula is C11H15Cl2FN2O2. The second kappa shape index (κ2) is 8.97. The molecule has 7 heteroatoms. The van der Waals surface area contributed by atoms with E-state index in [0.29, 0.717) is 13.1 Å². The normalized spacial score (nSPS) is 9.50. The highest BCUT2D eigenvalue weighted by Crippen LogP contribution is 2.24. The summed E-state index contributed by atoms with van der Waals surface area (Å²) in [5.74, 6) is -0.404. The Morgan fingerprint density at radius 3 is 2.78 bits per heavy atom. The van der Waals surface area contributed by atoms with E-state index in [0.717, 1.165) is 6.07 Å². The Bertz CT molecular complexity index is 391. The maximum atomic E-state index is 12.7. The number of amides is 1. The molecule has 0 aromatic heterocycles. The lowest BCUT2D eigenvalue weighted by molar-refractivity contribution is -0.123. The average Bonchev–Trinajstić information content (AvgIpc) is 2.28. The number of hydrogen-bond acceptors (Lipinski definition) is 3. The Labute approximate surface area is 116 Å². The lowest BCUT2D eigenvalue weighted by Crippen LogP contribution is -2.33. The molecule has 1 aromatic rings. The van der Waals surface area contributed by atoms with Gasteiger partial charge in [0.05, 0.1) is 5.02 Å². The van der Waals surface area contributed by atoms with Crippen LogP contribution in [0.3, 0.4) is 0 Å². The maximum absolute atomic E-state index is 12.7. The highest BCUT2D eigenvalue weighted by Gasteiger charge is 2.06. The number of hydrogen-bond donors (Lipinski definition) is 2. The van der Waals surface area contributed by atoms with Crippen LogP contribution in [0, 0.1) is 5.82 Å². The van der Waals surface area contributed by atoms with Crippen LogP contribution in [0.4, 0.5) is 4.39 Å². The van der Waals surface area contributed by atoms with Crippen molar-refractivity contribution in [3.05, 3.63) is 29.0 Å². The molecule has 0 unspecified atom stereocenters. The Hall–Kier alpha value is -1.04. The van der Waals surface area contributed by atoms with Crippen molar-refractivity contribution in [2.24, 2.45) is 0 Å². The SMILES string of the molecule is CNCCNC(=O)COc1ccc(F)cc1Cl.Cl. The number of halogens is 3. The molecule has 18 heavy (non-hydrogen) atoms. The van der Waals surface area contributed by atoms with Crippen molar-refractivity contribution >= 4 is 29.9 Å². The summed E-state index contributed by atoms with van der Waals surface area (Å²) in [6, 6.07) is 3.74. The van der Waals surface area contributed by atoms with E-state index in [4.69, 9.17) is 16.3 Å². The summed E-state index contributed by atoms with van der Waals surface area (Å²) in [4.78, 5) is 11.3. The smallest absolute Gasteiger partial charge is 0.257 e. The maximum Gasteiger partial charge on any atom is 0.257 e. The summed E-state index contributed by atoms with van der Waals surface area (Å²) in [5, 5.41) is 5.68. The van der Waals surface area contributed by atoms with Crippen molar-refractivity contribution in [3.63, 3.8) is 0 Å². The number of carbonyl (C=O) groups excluding carboxylic acids is 1. The van der Waals surface area contributed by atoms with Gasteiger partial charge < -0.3 is 15.4 Å². The van der Waals surface area contributed by atoms with Gasteiger partial charge in [-0.05, 0) is 25.2 Å². The fourth-order valence-electron chi connectivity index (χ4n) is 1.11. The third-order valence-corrected chi connectivity index (χ3v) is 2.25. The molecule has 1 amide bonds.